The van der Waals surface area contributed by atoms with Crippen LogP contribution in [0.3, 0.4) is 0 Å². The molecule has 1 heterocycles. The van der Waals surface area contributed by atoms with Crippen molar-refractivity contribution in [2.45, 2.75) is 33.7 Å². The largest absolute Gasteiger partial charge is 0.362 e. The predicted molar refractivity (Wildman–Crippen MR) is 60.8 cm³/mol. The normalized spacial score (nSPS) is 10.1. The summed E-state index contributed by atoms with van der Waals surface area (Å²) < 4.78 is 0. The summed E-state index contributed by atoms with van der Waals surface area (Å²) in [6, 6.07) is 1.95. The first-order valence-corrected chi connectivity index (χ1v) is 5.30. The van der Waals surface area contributed by atoms with Crippen molar-refractivity contribution in [3.63, 3.8) is 0 Å². The van der Waals surface area contributed by atoms with Crippen LogP contribution in [0.4, 0.5) is 4.79 Å². The van der Waals surface area contributed by atoms with Crippen LogP contribution in [0.2, 0.25) is 0 Å². The van der Waals surface area contributed by atoms with Crippen LogP contribution in [0, 0.1) is 13.8 Å². The average Bonchev–Trinajstić information content (AvgIpc) is 2.51. The molecule has 0 aliphatic carbocycles. The van der Waals surface area contributed by atoms with Crippen LogP contribution >= 0.6 is 0 Å². The van der Waals surface area contributed by atoms with Crippen LogP contribution in [-0.4, -0.2) is 17.6 Å². The van der Waals surface area contributed by atoms with E-state index in [4.69, 9.17) is 0 Å². The van der Waals surface area contributed by atoms with E-state index in [1.165, 1.54) is 0 Å². The molecule has 0 radical (unpaired) electrons. The number of rotatable bonds is 4. The first kappa shape index (κ1) is 11.6. The standard InChI is InChI=1S/C11H19N3O/c1-4-5-12-11(15)13-7-10-6-8(2)14-9(10)3/h6,14H,4-5,7H2,1-3H3,(H2,12,13,15). The van der Waals surface area contributed by atoms with Gasteiger partial charge in [-0.15, -0.1) is 0 Å². The van der Waals surface area contributed by atoms with E-state index in [0.29, 0.717) is 6.54 Å². The number of carbonyl (C=O) groups is 1. The van der Waals surface area contributed by atoms with Crippen molar-refractivity contribution in [1.82, 2.24) is 15.6 Å². The summed E-state index contributed by atoms with van der Waals surface area (Å²) in [5.74, 6) is 0. The van der Waals surface area contributed by atoms with Crippen molar-refractivity contribution in [1.29, 1.82) is 0 Å². The van der Waals surface area contributed by atoms with Gasteiger partial charge in [0.2, 0.25) is 0 Å². The molecule has 3 N–H and O–H groups in total. The van der Waals surface area contributed by atoms with Crippen molar-refractivity contribution in [3.05, 3.63) is 23.0 Å². The van der Waals surface area contributed by atoms with E-state index < -0.39 is 0 Å². The Labute approximate surface area is 90.5 Å². The quantitative estimate of drug-likeness (QED) is 0.696. The minimum atomic E-state index is -0.102. The number of carbonyl (C=O) groups excluding carboxylic acids is 1. The van der Waals surface area contributed by atoms with Crippen LogP contribution in [0.5, 0.6) is 0 Å². The van der Waals surface area contributed by atoms with Gasteiger partial charge in [0.05, 0.1) is 0 Å². The number of amides is 2. The van der Waals surface area contributed by atoms with Crippen molar-refractivity contribution >= 4 is 6.03 Å². The average molecular weight is 209 g/mol. The number of aryl methyl sites for hydroxylation is 2. The van der Waals surface area contributed by atoms with Gasteiger partial charge in [0.1, 0.15) is 0 Å². The highest BCUT2D eigenvalue weighted by Crippen LogP contribution is 2.08. The fraction of sp³-hybridized carbons (Fsp3) is 0.545. The second kappa shape index (κ2) is 5.44. The van der Waals surface area contributed by atoms with Gasteiger partial charge in [-0.05, 0) is 31.9 Å². The third-order valence-electron chi connectivity index (χ3n) is 2.23. The van der Waals surface area contributed by atoms with Gasteiger partial charge >= 0.3 is 6.03 Å². The van der Waals surface area contributed by atoms with Gasteiger partial charge < -0.3 is 15.6 Å². The Morgan fingerprint density at radius 2 is 2.13 bits per heavy atom. The maximum absolute atomic E-state index is 11.3. The lowest BCUT2D eigenvalue weighted by atomic mass is 10.2. The molecular weight excluding hydrogens is 190 g/mol. The predicted octanol–water partition coefficient (Wildman–Crippen LogP) is 1.84. The number of aromatic nitrogens is 1. The van der Waals surface area contributed by atoms with E-state index in [1.54, 1.807) is 0 Å². The summed E-state index contributed by atoms with van der Waals surface area (Å²) in [6.07, 6.45) is 0.954. The molecule has 15 heavy (non-hydrogen) atoms. The van der Waals surface area contributed by atoms with Crippen molar-refractivity contribution < 1.29 is 4.79 Å². The summed E-state index contributed by atoms with van der Waals surface area (Å²) in [6.45, 7) is 7.34. The smallest absolute Gasteiger partial charge is 0.315 e. The van der Waals surface area contributed by atoms with Crippen molar-refractivity contribution in [3.8, 4) is 0 Å². The Hall–Kier alpha value is -1.45. The highest BCUT2D eigenvalue weighted by Gasteiger charge is 2.03. The molecule has 0 saturated heterocycles. The van der Waals surface area contributed by atoms with E-state index >= 15 is 0 Å². The van der Waals surface area contributed by atoms with E-state index in [-0.39, 0.29) is 6.03 Å². The molecule has 0 fully saturated rings. The molecule has 0 unspecified atom stereocenters. The van der Waals surface area contributed by atoms with Crippen molar-refractivity contribution in [2.24, 2.45) is 0 Å². The van der Waals surface area contributed by atoms with Gasteiger partial charge in [0.15, 0.2) is 0 Å². The van der Waals surface area contributed by atoms with Crippen molar-refractivity contribution in [2.75, 3.05) is 6.54 Å². The van der Waals surface area contributed by atoms with Crippen LogP contribution in [0.1, 0.15) is 30.3 Å². The topological polar surface area (TPSA) is 56.9 Å². The summed E-state index contributed by atoms with van der Waals surface area (Å²) in [5.41, 5.74) is 3.38. The third-order valence-corrected chi connectivity index (χ3v) is 2.23. The number of H-pyrrole nitrogens is 1. The number of hydrogen-bond acceptors (Lipinski definition) is 1. The fourth-order valence-corrected chi connectivity index (χ4v) is 1.44. The van der Waals surface area contributed by atoms with Gasteiger partial charge in [-0.1, -0.05) is 6.92 Å². The van der Waals surface area contributed by atoms with E-state index in [9.17, 15) is 4.79 Å². The molecule has 0 aliphatic rings. The number of hydrogen-bond donors (Lipinski definition) is 3. The lowest BCUT2D eigenvalue weighted by molar-refractivity contribution is 0.240. The summed E-state index contributed by atoms with van der Waals surface area (Å²) in [4.78, 5) is 14.5. The van der Waals surface area contributed by atoms with E-state index in [1.807, 2.05) is 20.8 Å². The molecule has 4 heteroatoms. The second-order valence-corrected chi connectivity index (χ2v) is 3.71. The van der Waals surface area contributed by atoms with Crippen LogP contribution in [0.15, 0.2) is 6.07 Å². The molecule has 0 aliphatic heterocycles. The number of urea groups is 1. The van der Waals surface area contributed by atoms with Gasteiger partial charge in [-0.3, -0.25) is 0 Å². The van der Waals surface area contributed by atoms with E-state index in [2.05, 4.69) is 21.7 Å². The van der Waals surface area contributed by atoms with E-state index in [0.717, 1.165) is 29.9 Å². The van der Waals surface area contributed by atoms with Crippen LogP contribution in [0.25, 0.3) is 0 Å². The highest BCUT2D eigenvalue weighted by molar-refractivity contribution is 5.73. The van der Waals surface area contributed by atoms with Crippen LogP contribution in [-0.2, 0) is 6.54 Å². The minimum absolute atomic E-state index is 0.102. The molecule has 1 aromatic heterocycles. The zero-order valence-electron chi connectivity index (χ0n) is 9.61. The highest BCUT2D eigenvalue weighted by atomic mass is 16.2. The molecule has 2 amide bonds. The molecule has 0 atom stereocenters. The molecule has 0 saturated carbocycles. The zero-order chi connectivity index (χ0) is 11.3. The third kappa shape index (κ3) is 3.65. The maximum Gasteiger partial charge on any atom is 0.315 e. The number of aromatic amines is 1. The van der Waals surface area contributed by atoms with Gasteiger partial charge in [-0.2, -0.15) is 0 Å². The Morgan fingerprint density at radius 3 is 2.67 bits per heavy atom. The molecule has 1 aromatic rings. The lowest BCUT2D eigenvalue weighted by Crippen LogP contribution is -2.35. The molecule has 1 rings (SSSR count). The monoisotopic (exact) mass is 209 g/mol. The Morgan fingerprint density at radius 1 is 1.40 bits per heavy atom. The maximum atomic E-state index is 11.3. The first-order valence-electron chi connectivity index (χ1n) is 5.30. The van der Waals surface area contributed by atoms with Gasteiger partial charge in [-0.25, -0.2) is 4.79 Å². The zero-order valence-corrected chi connectivity index (χ0v) is 9.61. The summed E-state index contributed by atoms with van der Waals surface area (Å²) >= 11 is 0. The SMILES string of the molecule is CCCNC(=O)NCc1cc(C)[nH]c1C. The Kier molecular flexibility index (Phi) is 4.21. The second-order valence-electron chi connectivity index (χ2n) is 3.71. The minimum Gasteiger partial charge on any atom is -0.362 e. The molecule has 84 valence electrons. The summed E-state index contributed by atoms with van der Waals surface area (Å²) in [7, 11) is 0. The Bertz CT molecular complexity index is 331. The van der Waals surface area contributed by atoms with Gasteiger partial charge in [0.25, 0.3) is 0 Å². The first-order chi connectivity index (χ1) is 7.13. The molecule has 4 nitrogen and oxygen atoms in total. The lowest BCUT2D eigenvalue weighted by Gasteiger charge is -2.05. The molecular formula is C11H19N3O. The molecule has 0 spiro atoms. The fourth-order valence-electron chi connectivity index (χ4n) is 1.44. The molecule has 0 bridgehead atoms. The van der Waals surface area contributed by atoms with Gasteiger partial charge in [0, 0.05) is 24.5 Å². The number of nitrogens with one attached hydrogen (secondary N) is 3. The summed E-state index contributed by atoms with van der Waals surface area (Å²) in [5, 5.41) is 5.59. The Balaban J connectivity index is 2.36. The van der Waals surface area contributed by atoms with Crippen LogP contribution < -0.4 is 10.6 Å². The molecule has 0 aromatic carbocycles.